The molecule has 6 rings (SSSR count). The Bertz CT molecular complexity index is 1420. The summed E-state index contributed by atoms with van der Waals surface area (Å²) in [5.41, 5.74) is 11.0. The van der Waals surface area contributed by atoms with Gasteiger partial charge in [0.2, 0.25) is 0 Å². The topological polar surface area (TPSA) is 69.1 Å². The molecule has 3 heterocycles. The van der Waals surface area contributed by atoms with Gasteiger partial charge < -0.3 is 19.8 Å². The van der Waals surface area contributed by atoms with Gasteiger partial charge in [0, 0.05) is 43.1 Å². The molecule has 2 N–H and O–H groups in total. The molecule has 1 atom stereocenters. The Kier molecular flexibility index (Phi) is 4.95. The maximum absolute atomic E-state index is 13.1. The summed E-state index contributed by atoms with van der Waals surface area (Å²) in [6.45, 7) is 1.21. The lowest BCUT2D eigenvalue weighted by Gasteiger charge is -2.30. The highest BCUT2D eigenvalue weighted by Gasteiger charge is 2.30. The minimum atomic E-state index is -2.66. The van der Waals surface area contributed by atoms with Crippen LogP contribution < -0.4 is 5.73 Å². The molecular formula is C26H27F2N5O. The quantitative estimate of drug-likeness (QED) is 0.466. The zero-order valence-corrected chi connectivity index (χ0v) is 19.0. The van der Waals surface area contributed by atoms with Crippen molar-refractivity contribution in [2.45, 2.75) is 38.3 Å². The predicted octanol–water partition coefficient (Wildman–Crippen LogP) is 4.20. The lowest BCUT2D eigenvalue weighted by Crippen LogP contribution is -2.47. The highest BCUT2D eigenvalue weighted by molar-refractivity contribution is 6.00. The van der Waals surface area contributed by atoms with Crippen LogP contribution >= 0.6 is 0 Å². The molecule has 1 saturated carbocycles. The van der Waals surface area contributed by atoms with Crippen molar-refractivity contribution in [1.29, 1.82) is 0 Å². The number of alkyl halides is 2. The van der Waals surface area contributed by atoms with Gasteiger partial charge in [0.15, 0.2) is 5.82 Å². The molecule has 4 aromatic rings. The highest BCUT2D eigenvalue weighted by atomic mass is 19.3. The monoisotopic (exact) mass is 463 g/mol. The van der Waals surface area contributed by atoms with Gasteiger partial charge in [0.05, 0.1) is 22.8 Å². The Morgan fingerprint density at radius 1 is 1.15 bits per heavy atom. The number of carbonyl (C=O) groups excluding carboxylic acids is 1. The number of benzene rings is 2. The van der Waals surface area contributed by atoms with Gasteiger partial charge in [-0.3, -0.25) is 4.79 Å². The molecule has 0 radical (unpaired) electrons. The first kappa shape index (κ1) is 21.3. The van der Waals surface area contributed by atoms with Crippen molar-refractivity contribution in [2.24, 2.45) is 18.7 Å². The van der Waals surface area contributed by atoms with Crippen molar-refractivity contribution in [3.63, 3.8) is 0 Å². The van der Waals surface area contributed by atoms with Crippen LogP contribution in [0.2, 0.25) is 0 Å². The first-order chi connectivity index (χ1) is 16.4. The molecule has 0 saturated heterocycles. The van der Waals surface area contributed by atoms with E-state index in [-0.39, 0.29) is 12.5 Å². The molecule has 1 aliphatic carbocycles. The average molecular weight is 464 g/mol. The number of nitrogens with two attached hydrogens (primary N) is 1. The van der Waals surface area contributed by atoms with E-state index < -0.39 is 12.5 Å². The van der Waals surface area contributed by atoms with E-state index in [4.69, 9.17) is 10.7 Å². The van der Waals surface area contributed by atoms with Crippen LogP contribution in [0.25, 0.3) is 33.5 Å². The van der Waals surface area contributed by atoms with Gasteiger partial charge in [-0.25, -0.2) is 13.8 Å². The van der Waals surface area contributed by atoms with Gasteiger partial charge in [0.25, 0.3) is 12.3 Å². The molecule has 2 aromatic carbocycles. The molecule has 0 bridgehead atoms. The number of halogens is 2. The van der Waals surface area contributed by atoms with Gasteiger partial charge in [-0.05, 0) is 55.0 Å². The number of fused-ring (bicyclic) bond motifs is 3. The zero-order valence-electron chi connectivity index (χ0n) is 19.0. The van der Waals surface area contributed by atoms with Gasteiger partial charge >= 0.3 is 0 Å². The molecule has 2 aromatic heterocycles. The number of carbonyl (C=O) groups is 1. The van der Waals surface area contributed by atoms with E-state index in [9.17, 15) is 13.6 Å². The summed E-state index contributed by atoms with van der Waals surface area (Å²) in [4.78, 5) is 19.4. The molecule has 176 valence electrons. The zero-order chi connectivity index (χ0) is 23.6. The number of nitrogens with zero attached hydrogens (tertiary/aromatic N) is 4. The predicted molar refractivity (Wildman–Crippen MR) is 128 cm³/mol. The molecule has 1 unspecified atom stereocenters. The van der Waals surface area contributed by atoms with Crippen molar-refractivity contribution in [1.82, 2.24) is 19.0 Å². The third kappa shape index (κ3) is 3.48. The molecule has 8 heteroatoms. The number of amides is 1. The second kappa shape index (κ2) is 7.91. The van der Waals surface area contributed by atoms with Crippen LogP contribution in [0.3, 0.4) is 0 Å². The van der Waals surface area contributed by atoms with Crippen LogP contribution in [0, 0.1) is 5.92 Å². The van der Waals surface area contributed by atoms with Crippen molar-refractivity contribution >= 4 is 27.8 Å². The van der Waals surface area contributed by atoms with Crippen molar-refractivity contribution < 1.29 is 13.6 Å². The average Bonchev–Trinajstić information content (AvgIpc) is 3.50. The fourth-order valence-corrected chi connectivity index (χ4v) is 5.10. The van der Waals surface area contributed by atoms with Gasteiger partial charge in [-0.2, -0.15) is 0 Å². The number of rotatable bonds is 6. The van der Waals surface area contributed by atoms with Crippen LogP contribution in [0.15, 0.2) is 42.5 Å². The third-order valence-corrected chi connectivity index (χ3v) is 7.21. The molecule has 1 amide bonds. The maximum atomic E-state index is 13.1. The van der Waals surface area contributed by atoms with Crippen LogP contribution in [-0.2, 0) is 20.0 Å². The van der Waals surface area contributed by atoms with E-state index in [2.05, 4.69) is 33.4 Å². The lowest BCUT2D eigenvalue weighted by molar-refractivity contribution is 0.0621. The Balaban J connectivity index is 1.42. The van der Waals surface area contributed by atoms with Crippen LogP contribution in [0.5, 0.6) is 0 Å². The number of aromatic nitrogens is 3. The van der Waals surface area contributed by atoms with Gasteiger partial charge in [-0.15, -0.1) is 0 Å². The van der Waals surface area contributed by atoms with Crippen LogP contribution in [-0.4, -0.2) is 50.5 Å². The summed E-state index contributed by atoms with van der Waals surface area (Å²) in [6.07, 6.45) is 0.469. The Hall–Kier alpha value is -3.26. The summed E-state index contributed by atoms with van der Waals surface area (Å²) < 4.78 is 30.3. The standard InChI is InChI=1S/C26H27F2N5O/c1-31-22-10-16-8-9-32(14-19(29)24(27)28)26(34)18(16)12-20(22)30-25(31)23-11-17-4-2-3-5-21(17)33(23)13-15-6-7-15/h2-5,10-12,15,19,24H,6-9,13-14,29H2,1H3. The summed E-state index contributed by atoms with van der Waals surface area (Å²) >= 11 is 0. The first-order valence-electron chi connectivity index (χ1n) is 11.8. The number of para-hydroxylation sites is 1. The van der Waals surface area contributed by atoms with Crippen LogP contribution in [0.4, 0.5) is 8.78 Å². The highest BCUT2D eigenvalue weighted by Crippen LogP contribution is 2.37. The number of hydrogen-bond donors (Lipinski definition) is 1. The first-order valence-corrected chi connectivity index (χ1v) is 11.8. The van der Waals surface area contributed by atoms with Gasteiger partial charge in [0.1, 0.15) is 0 Å². The molecule has 1 aliphatic heterocycles. The Morgan fingerprint density at radius 3 is 2.71 bits per heavy atom. The fraction of sp³-hybridized carbons (Fsp3) is 0.385. The Morgan fingerprint density at radius 2 is 1.94 bits per heavy atom. The largest absolute Gasteiger partial charge is 0.338 e. The number of aryl methyl sites for hydroxylation is 1. The number of imidazole rings is 1. The normalized spacial score (nSPS) is 17.2. The SMILES string of the molecule is Cn1c(-c2cc3ccccc3n2CC2CC2)nc2cc3c(cc21)CCN(CC(N)C(F)F)C3=O. The minimum Gasteiger partial charge on any atom is -0.338 e. The lowest BCUT2D eigenvalue weighted by atomic mass is 9.97. The summed E-state index contributed by atoms with van der Waals surface area (Å²) in [6, 6.07) is 13.1. The van der Waals surface area contributed by atoms with E-state index in [1.54, 1.807) is 0 Å². The molecule has 0 spiro atoms. The third-order valence-electron chi connectivity index (χ3n) is 7.21. The van der Waals surface area contributed by atoms with E-state index in [1.807, 2.05) is 25.2 Å². The summed E-state index contributed by atoms with van der Waals surface area (Å²) in [5, 5.41) is 1.19. The van der Waals surface area contributed by atoms with E-state index >= 15 is 0 Å². The minimum absolute atomic E-state index is 0.150. The number of hydrogen-bond acceptors (Lipinski definition) is 3. The Labute approximate surface area is 196 Å². The second-order valence-corrected chi connectivity index (χ2v) is 9.63. The van der Waals surface area contributed by atoms with Crippen LogP contribution in [0.1, 0.15) is 28.8 Å². The smallest absolute Gasteiger partial charge is 0.255 e. The van der Waals surface area contributed by atoms with Crippen molar-refractivity contribution in [2.75, 3.05) is 13.1 Å². The molecule has 1 fully saturated rings. The van der Waals surface area contributed by atoms with Crippen molar-refractivity contribution in [3.8, 4) is 11.5 Å². The fourth-order valence-electron chi connectivity index (χ4n) is 5.10. The maximum Gasteiger partial charge on any atom is 0.255 e. The van der Waals surface area contributed by atoms with Crippen molar-refractivity contribution in [3.05, 3.63) is 53.6 Å². The molecule has 2 aliphatic rings. The molecular weight excluding hydrogens is 436 g/mol. The molecule has 34 heavy (non-hydrogen) atoms. The van der Waals surface area contributed by atoms with E-state index in [1.165, 1.54) is 28.6 Å². The summed E-state index contributed by atoms with van der Waals surface area (Å²) in [5.74, 6) is 1.31. The van der Waals surface area contributed by atoms with Gasteiger partial charge in [-0.1, -0.05) is 18.2 Å². The molecule has 6 nitrogen and oxygen atoms in total. The van der Waals surface area contributed by atoms with E-state index in [0.717, 1.165) is 34.7 Å². The second-order valence-electron chi connectivity index (χ2n) is 9.63. The van der Waals surface area contributed by atoms with E-state index in [0.29, 0.717) is 24.4 Å². The summed E-state index contributed by atoms with van der Waals surface area (Å²) in [7, 11) is 2.01.